The van der Waals surface area contributed by atoms with Crippen LogP contribution in [-0.2, 0) is 6.54 Å². The van der Waals surface area contributed by atoms with Gasteiger partial charge in [-0.1, -0.05) is 28.1 Å². The third kappa shape index (κ3) is 3.33. The van der Waals surface area contributed by atoms with Gasteiger partial charge in [-0.05, 0) is 35.9 Å². The van der Waals surface area contributed by atoms with Gasteiger partial charge < -0.3 is 16.2 Å². The molecule has 1 amide bonds. The number of phenolic OH excluding ortho intramolecular Hbond substituents is 1. The Labute approximate surface area is 119 Å². The fraction of sp³-hybridized carbons (Fsp3) is 0.0714. The van der Waals surface area contributed by atoms with Crippen LogP contribution in [0.5, 0.6) is 5.75 Å². The average Bonchev–Trinajstić information content (AvgIpc) is 2.43. The summed E-state index contributed by atoms with van der Waals surface area (Å²) >= 11 is 3.29. The summed E-state index contributed by atoms with van der Waals surface area (Å²) in [6.45, 7) is 0.378. The number of nitrogens with two attached hydrogens (primary N) is 1. The average molecular weight is 321 g/mol. The SMILES string of the molecule is NCc1cccc(C(=O)Nc2cc(Br)ccc2O)c1. The number of rotatable bonds is 3. The molecule has 4 nitrogen and oxygen atoms in total. The smallest absolute Gasteiger partial charge is 0.255 e. The first-order valence-corrected chi connectivity index (χ1v) is 6.48. The van der Waals surface area contributed by atoms with Crippen molar-refractivity contribution in [2.75, 3.05) is 5.32 Å². The van der Waals surface area contributed by atoms with Crippen LogP contribution in [0.2, 0.25) is 0 Å². The van der Waals surface area contributed by atoms with Gasteiger partial charge >= 0.3 is 0 Å². The highest BCUT2D eigenvalue weighted by Gasteiger charge is 2.09. The summed E-state index contributed by atoms with van der Waals surface area (Å²) in [7, 11) is 0. The third-order valence-electron chi connectivity index (χ3n) is 2.63. The fourth-order valence-corrected chi connectivity index (χ4v) is 2.00. The minimum atomic E-state index is -0.288. The second kappa shape index (κ2) is 5.86. The Morgan fingerprint density at radius 3 is 2.79 bits per heavy atom. The summed E-state index contributed by atoms with van der Waals surface area (Å²) in [4.78, 5) is 12.1. The molecule has 0 radical (unpaired) electrons. The van der Waals surface area contributed by atoms with E-state index >= 15 is 0 Å². The van der Waals surface area contributed by atoms with E-state index in [4.69, 9.17) is 5.73 Å². The molecule has 2 aromatic rings. The zero-order valence-electron chi connectivity index (χ0n) is 10.1. The molecule has 2 rings (SSSR count). The first-order valence-electron chi connectivity index (χ1n) is 5.69. The Bertz CT molecular complexity index is 614. The van der Waals surface area contributed by atoms with Crippen molar-refractivity contribution in [2.24, 2.45) is 5.73 Å². The standard InChI is InChI=1S/C14H13BrN2O2/c15-11-4-5-13(18)12(7-11)17-14(19)10-3-1-2-9(6-10)8-16/h1-7,18H,8,16H2,(H,17,19). The highest BCUT2D eigenvalue weighted by Crippen LogP contribution is 2.27. The summed E-state index contributed by atoms with van der Waals surface area (Å²) in [5.74, 6) is -0.268. The summed E-state index contributed by atoms with van der Waals surface area (Å²) in [5.41, 5.74) is 7.28. The molecule has 0 unspecified atom stereocenters. The van der Waals surface area contributed by atoms with E-state index in [0.29, 0.717) is 17.8 Å². The van der Waals surface area contributed by atoms with Gasteiger partial charge in [0.05, 0.1) is 5.69 Å². The van der Waals surface area contributed by atoms with Crippen LogP contribution in [0.1, 0.15) is 15.9 Å². The van der Waals surface area contributed by atoms with E-state index in [1.807, 2.05) is 6.07 Å². The molecule has 0 bridgehead atoms. The second-order valence-corrected chi connectivity index (χ2v) is 4.94. The van der Waals surface area contributed by atoms with Gasteiger partial charge in [-0.3, -0.25) is 4.79 Å². The Balaban J connectivity index is 2.22. The lowest BCUT2D eigenvalue weighted by Crippen LogP contribution is -2.12. The molecule has 0 aliphatic heterocycles. The van der Waals surface area contributed by atoms with Gasteiger partial charge in [-0.25, -0.2) is 0 Å². The number of hydrogen-bond donors (Lipinski definition) is 3. The van der Waals surface area contributed by atoms with Crippen molar-refractivity contribution >= 4 is 27.5 Å². The van der Waals surface area contributed by atoms with E-state index in [1.165, 1.54) is 6.07 Å². The van der Waals surface area contributed by atoms with Crippen molar-refractivity contribution in [3.05, 3.63) is 58.1 Å². The lowest BCUT2D eigenvalue weighted by Gasteiger charge is -2.08. The number of halogens is 1. The van der Waals surface area contributed by atoms with Gasteiger partial charge in [0.25, 0.3) is 5.91 Å². The van der Waals surface area contributed by atoms with Gasteiger partial charge in [-0.2, -0.15) is 0 Å². The molecule has 0 spiro atoms. The van der Waals surface area contributed by atoms with Crippen LogP contribution in [0, 0.1) is 0 Å². The number of phenols is 1. The van der Waals surface area contributed by atoms with E-state index in [2.05, 4.69) is 21.2 Å². The minimum absolute atomic E-state index is 0.0199. The van der Waals surface area contributed by atoms with Crippen LogP contribution in [0.15, 0.2) is 46.9 Å². The number of benzene rings is 2. The molecule has 5 heteroatoms. The molecule has 0 atom stereocenters. The van der Waals surface area contributed by atoms with Gasteiger partial charge in [0.1, 0.15) is 5.75 Å². The molecular weight excluding hydrogens is 308 g/mol. The first kappa shape index (κ1) is 13.6. The van der Waals surface area contributed by atoms with E-state index in [0.717, 1.165) is 10.0 Å². The van der Waals surface area contributed by atoms with E-state index in [-0.39, 0.29) is 11.7 Å². The van der Waals surface area contributed by atoms with Gasteiger partial charge in [0, 0.05) is 16.6 Å². The van der Waals surface area contributed by atoms with Gasteiger partial charge in [0.15, 0.2) is 0 Å². The summed E-state index contributed by atoms with van der Waals surface area (Å²) < 4.78 is 0.774. The van der Waals surface area contributed by atoms with Gasteiger partial charge in [0.2, 0.25) is 0 Å². The van der Waals surface area contributed by atoms with Crippen LogP contribution in [0.3, 0.4) is 0 Å². The van der Waals surface area contributed by atoms with Crippen molar-refractivity contribution in [1.29, 1.82) is 0 Å². The maximum atomic E-state index is 12.1. The molecule has 4 N–H and O–H groups in total. The quantitative estimate of drug-likeness (QED) is 0.761. The molecule has 0 aliphatic carbocycles. The van der Waals surface area contributed by atoms with Crippen molar-refractivity contribution < 1.29 is 9.90 Å². The van der Waals surface area contributed by atoms with Crippen LogP contribution < -0.4 is 11.1 Å². The predicted molar refractivity (Wildman–Crippen MR) is 78.1 cm³/mol. The lowest BCUT2D eigenvalue weighted by atomic mass is 10.1. The highest BCUT2D eigenvalue weighted by molar-refractivity contribution is 9.10. The molecule has 0 saturated heterocycles. The largest absolute Gasteiger partial charge is 0.506 e. The van der Waals surface area contributed by atoms with Crippen molar-refractivity contribution in [3.63, 3.8) is 0 Å². The van der Waals surface area contributed by atoms with E-state index < -0.39 is 0 Å². The normalized spacial score (nSPS) is 10.2. The molecule has 0 saturated carbocycles. The molecule has 2 aromatic carbocycles. The maximum absolute atomic E-state index is 12.1. The first-order chi connectivity index (χ1) is 9.10. The van der Waals surface area contributed by atoms with E-state index in [9.17, 15) is 9.90 Å². The monoisotopic (exact) mass is 320 g/mol. The van der Waals surface area contributed by atoms with Crippen LogP contribution in [0.4, 0.5) is 5.69 Å². The predicted octanol–water partition coefficient (Wildman–Crippen LogP) is 2.87. The number of anilines is 1. The number of carbonyl (C=O) groups excluding carboxylic acids is 1. The maximum Gasteiger partial charge on any atom is 0.255 e. The number of nitrogens with one attached hydrogen (secondary N) is 1. The summed E-state index contributed by atoms with van der Waals surface area (Å²) in [5, 5.41) is 12.3. The molecule has 0 aromatic heterocycles. The zero-order chi connectivity index (χ0) is 13.8. The highest BCUT2D eigenvalue weighted by atomic mass is 79.9. The molecule has 98 valence electrons. The Hall–Kier alpha value is -1.85. The Morgan fingerprint density at radius 2 is 2.05 bits per heavy atom. The van der Waals surface area contributed by atoms with Crippen molar-refractivity contribution in [1.82, 2.24) is 0 Å². The van der Waals surface area contributed by atoms with Crippen LogP contribution in [-0.4, -0.2) is 11.0 Å². The summed E-state index contributed by atoms with van der Waals surface area (Å²) in [6.07, 6.45) is 0. The number of amides is 1. The molecule has 19 heavy (non-hydrogen) atoms. The molecule has 0 aliphatic rings. The Kier molecular flexibility index (Phi) is 4.19. The van der Waals surface area contributed by atoms with Crippen LogP contribution in [0.25, 0.3) is 0 Å². The molecule has 0 fully saturated rings. The van der Waals surface area contributed by atoms with E-state index in [1.54, 1.807) is 30.3 Å². The molecular formula is C14H13BrN2O2. The van der Waals surface area contributed by atoms with Crippen molar-refractivity contribution in [3.8, 4) is 5.75 Å². The fourth-order valence-electron chi connectivity index (χ4n) is 1.64. The van der Waals surface area contributed by atoms with Gasteiger partial charge in [-0.15, -0.1) is 0 Å². The topological polar surface area (TPSA) is 75.4 Å². The molecule has 0 heterocycles. The number of carbonyl (C=O) groups is 1. The Morgan fingerprint density at radius 1 is 1.26 bits per heavy atom. The zero-order valence-corrected chi connectivity index (χ0v) is 11.6. The third-order valence-corrected chi connectivity index (χ3v) is 3.12. The lowest BCUT2D eigenvalue weighted by molar-refractivity contribution is 0.102. The summed E-state index contributed by atoms with van der Waals surface area (Å²) in [6, 6.07) is 11.9. The number of hydrogen-bond acceptors (Lipinski definition) is 3. The second-order valence-electron chi connectivity index (χ2n) is 4.02. The van der Waals surface area contributed by atoms with Crippen molar-refractivity contribution in [2.45, 2.75) is 6.54 Å². The van der Waals surface area contributed by atoms with Crippen LogP contribution >= 0.6 is 15.9 Å². The number of aromatic hydroxyl groups is 1. The minimum Gasteiger partial charge on any atom is -0.506 e.